The Hall–Kier alpha value is -3.59. The summed E-state index contributed by atoms with van der Waals surface area (Å²) in [6, 6.07) is 10.6. The number of nitrogens with zero attached hydrogens (tertiary/aromatic N) is 2. The summed E-state index contributed by atoms with van der Waals surface area (Å²) in [7, 11) is 3.06. The highest BCUT2D eigenvalue weighted by Crippen LogP contribution is 2.37. The third kappa shape index (κ3) is 4.24. The van der Waals surface area contributed by atoms with Crippen molar-refractivity contribution in [1.82, 2.24) is 4.98 Å². The molecule has 0 radical (unpaired) electrons. The summed E-state index contributed by atoms with van der Waals surface area (Å²) in [5.74, 6) is 1.34. The Labute approximate surface area is 189 Å². The van der Waals surface area contributed by atoms with Crippen LogP contribution in [0.2, 0.25) is 0 Å². The summed E-state index contributed by atoms with van der Waals surface area (Å²) in [5.41, 5.74) is 2.71. The molecule has 2 amide bonds. The van der Waals surface area contributed by atoms with Gasteiger partial charge in [0.1, 0.15) is 5.75 Å². The van der Waals surface area contributed by atoms with Gasteiger partial charge in [0, 0.05) is 23.1 Å². The molecule has 0 saturated carbocycles. The SMILES string of the molecule is CCCN1C(=O)COc2ccc(-c3csc(NC(=O)c4ccc(OC)c(OC)c4)n3)cc21. The lowest BCUT2D eigenvalue weighted by Gasteiger charge is -2.29. The molecule has 4 rings (SSSR count). The molecule has 0 spiro atoms. The molecule has 1 aromatic heterocycles. The minimum Gasteiger partial charge on any atom is -0.493 e. The molecule has 0 aliphatic carbocycles. The van der Waals surface area contributed by atoms with Gasteiger partial charge in [0.25, 0.3) is 11.8 Å². The zero-order chi connectivity index (χ0) is 22.7. The molecule has 0 bridgehead atoms. The van der Waals surface area contributed by atoms with Crippen LogP contribution < -0.4 is 24.4 Å². The van der Waals surface area contributed by atoms with Crippen LogP contribution in [0.3, 0.4) is 0 Å². The number of fused-ring (bicyclic) bond motifs is 1. The fraction of sp³-hybridized carbons (Fsp3) is 0.261. The van der Waals surface area contributed by atoms with Gasteiger partial charge in [-0.15, -0.1) is 11.3 Å². The summed E-state index contributed by atoms with van der Waals surface area (Å²) in [6.45, 7) is 2.71. The molecule has 166 valence electrons. The summed E-state index contributed by atoms with van der Waals surface area (Å²) < 4.78 is 16.0. The fourth-order valence-corrected chi connectivity index (χ4v) is 4.16. The van der Waals surface area contributed by atoms with E-state index >= 15 is 0 Å². The van der Waals surface area contributed by atoms with Gasteiger partial charge >= 0.3 is 0 Å². The van der Waals surface area contributed by atoms with Crippen LogP contribution in [0.25, 0.3) is 11.3 Å². The van der Waals surface area contributed by atoms with E-state index in [0.29, 0.717) is 40.2 Å². The number of methoxy groups -OCH3 is 2. The molecule has 9 heteroatoms. The van der Waals surface area contributed by atoms with Crippen molar-refractivity contribution >= 4 is 34.0 Å². The van der Waals surface area contributed by atoms with Gasteiger partial charge < -0.3 is 19.1 Å². The summed E-state index contributed by atoms with van der Waals surface area (Å²) in [5, 5.41) is 5.15. The van der Waals surface area contributed by atoms with Crippen molar-refractivity contribution in [3.8, 4) is 28.5 Å². The smallest absolute Gasteiger partial charge is 0.265 e. The monoisotopic (exact) mass is 453 g/mol. The number of rotatable bonds is 7. The predicted octanol–water partition coefficient (Wildman–Crippen LogP) is 4.22. The van der Waals surface area contributed by atoms with E-state index in [-0.39, 0.29) is 18.4 Å². The maximum absolute atomic E-state index is 12.7. The van der Waals surface area contributed by atoms with Crippen LogP contribution in [0.5, 0.6) is 17.2 Å². The first-order chi connectivity index (χ1) is 15.5. The molecular weight excluding hydrogens is 430 g/mol. The summed E-state index contributed by atoms with van der Waals surface area (Å²) >= 11 is 1.32. The van der Waals surface area contributed by atoms with Crippen molar-refractivity contribution in [1.29, 1.82) is 0 Å². The average Bonchev–Trinajstić information content (AvgIpc) is 3.28. The van der Waals surface area contributed by atoms with Crippen LogP contribution in [0.15, 0.2) is 41.8 Å². The molecule has 0 fully saturated rings. The van der Waals surface area contributed by atoms with Gasteiger partial charge in [-0.2, -0.15) is 0 Å². The van der Waals surface area contributed by atoms with Crippen molar-refractivity contribution in [3.05, 3.63) is 47.3 Å². The number of aromatic nitrogens is 1. The molecule has 1 aliphatic heterocycles. The number of thiazole rings is 1. The number of ether oxygens (including phenoxy) is 3. The Morgan fingerprint density at radius 1 is 1.19 bits per heavy atom. The lowest BCUT2D eigenvalue weighted by molar-refractivity contribution is -0.121. The molecule has 32 heavy (non-hydrogen) atoms. The van der Waals surface area contributed by atoms with E-state index in [2.05, 4.69) is 10.3 Å². The Kier molecular flexibility index (Phi) is 6.27. The normalized spacial score (nSPS) is 12.7. The van der Waals surface area contributed by atoms with Gasteiger partial charge in [0.15, 0.2) is 23.2 Å². The molecule has 0 saturated heterocycles. The van der Waals surface area contributed by atoms with Crippen LogP contribution >= 0.6 is 11.3 Å². The molecule has 0 atom stereocenters. The van der Waals surface area contributed by atoms with Crippen molar-refractivity contribution in [3.63, 3.8) is 0 Å². The quantitative estimate of drug-likeness (QED) is 0.576. The summed E-state index contributed by atoms with van der Waals surface area (Å²) in [6.07, 6.45) is 0.846. The Balaban J connectivity index is 1.54. The van der Waals surface area contributed by atoms with E-state index < -0.39 is 0 Å². The van der Waals surface area contributed by atoms with Gasteiger partial charge in [-0.25, -0.2) is 4.98 Å². The number of carbonyl (C=O) groups excluding carboxylic acids is 2. The number of hydrogen-bond donors (Lipinski definition) is 1. The number of anilines is 2. The Bertz CT molecular complexity index is 1160. The van der Waals surface area contributed by atoms with Crippen molar-refractivity contribution in [2.45, 2.75) is 13.3 Å². The lowest BCUT2D eigenvalue weighted by atomic mass is 10.1. The Morgan fingerprint density at radius 3 is 2.75 bits per heavy atom. The van der Waals surface area contributed by atoms with E-state index in [4.69, 9.17) is 14.2 Å². The Morgan fingerprint density at radius 2 is 2.00 bits per heavy atom. The molecular formula is C23H23N3O5S. The van der Waals surface area contributed by atoms with Crippen LogP contribution in [-0.2, 0) is 4.79 Å². The molecule has 1 N–H and O–H groups in total. The van der Waals surface area contributed by atoms with Crippen LogP contribution in [-0.4, -0.2) is 44.2 Å². The lowest BCUT2D eigenvalue weighted by Crippen LogP contribution is -2.39. The first kappa shape index (κ1) is 21.6. The topological polar surface area (TPSA) is 90.0 Å². The van der Waals surface area contributed by atoms with E-state index in [1.165, 1.54) is 18.4 Å². The number of nitrogens with one attached hydrogen (secondary N) is 1. The van der Waals surface area contributed by atoms with E-state index in [1.807, 2.05) is 30.5 Å². The number of amides is 2. The predicted molar refractivity (Wildman–Crippen MR) is 123 cm³/mol. The summed E-state index contributed by atoms with van der Waals surface area (Å²) in [4.78, 5) is 31.2. The number of carbonyl (C=O) groups is 2. The van der Waals surface area contributed by atoms with E-state index in [0.717, 1.165) is 17.7 Å². The third-order valence-electron chi connectivity index (χ3n) is 5.02. The van der Waals surface area contributed by atoms with Gasteiger partial charge in [-0.3, -0.25) is 14.9 Å². The molecule has 8 nitrogen and oxygen atoms in total. The molecule has 3 aromatic rings. The van der Waals surface area contributed by atoms with Crippen molar-refractivity contribution in [2.75, 3.05) is 37.6 Å². The van der Waals surface area contributed by atoms with E-state index in [1.54, 1.807) is 30.2 Å². The minimum atomic E-state index is -0.301. The van der Waals surface area contributed by atoms with Crippen LogP contribution in [0.1, 0.15) is 23.7 Å². The second-order valence-electron chi connectivity index (χ2n) is 7.08. The van der Waals surface area contributed by atoms with E-state index in [9.17, 15) is 9.59 Å². The molecule has 2 heterocycles. The van der Waals surface area contributed by atoms with Crippen molar-refractivity contribution in [2.24, 2.45) is 0 Å². The molecule has 1 aliphatic rings. The molecule has 0 unspecified atom stereocenters. The zero-order valence-electron chi connectivity index (χ0n) is 18.0. The van der Waals surface area contributed by atoms with Gasteiger partial charge in [-0.05, 0) is 42.8 Å². The fourth-order valence-electron chi connectivity index (χ4n) is 3.44. The minimum absolute atomic E-state index is 0.0510. The first-order valence-corrected chi connectivity index (χ1v) is 11.0. The molecule has 2 aromatic carbocycles. The number of hydrogen-bond acceptors (Lipinski definition) is 7. The van der Waals surface area contributed by atoms with Crippen LogP contribution in [0, 0.1) is 0 Å². The van der Waals surface area contributed by atoms with Gasteiger partial charge in [0.2, 0.25) is 0 Å². The largest absolute Gasteiger partial charge is 0.493 e. The highest BCUT2D eigenvalue weighted by molar-refractivity contribution is 7.14. The van der Waals surface area contributed by atoms with Crippen LogP contribution in [0.4, 0.5) is 10.8 Å². The third-order valence-corrected chi connectivity index (χ3v) is 5.77. The second kappa shape index (κ2) is 9.27. The zero-order valence-corrected chi connectivity index (χ0v) is 18.8. The highest BCUT2D eigenvalue weighted by Gasteiger charge is 2.25. The standard InChI is InChI=1S/C23H23N3O5S/c1-4-9-26-17-10-14(5-7-18(17)31-12-21(26)27)16-13-32-23(24-16)25-22(28)15-6-8-19(29-2)20(11-15)30-3/h5-8,10-11,13H,4,9,12H2,1-3H3,(H,24,25,28). The number of benzene rings is 2. The maximum atomic E-state index is 12.7. The average molecular weight is 454 g/mol. The van der Waals surface area contributed by atoms with Crippen molar-refractivity contribution < 1.29 is 23.8 Å². The highest BCUT2D eigenvalue weighted by atomic mass is 32.1. The van der Waals surface area contributed by atoms with Gasteiger partial charge in [-0.1, -0.05) is 6.92 Å². The first-order valence-electron chi connectivity index (χ1n) is 10.1. The second-order valence-corrected chi connectivity index (χ2v) is 7.94. The van der Waals surface area contributed by atoms with Gasteiger partial charge in [0.05, 0.1) is 25.6 Å². The maximum Gasteiger partial charge on any atom is 0.265 e.